The van der Waals surface area contributed by atoms with Gasteiger partial charge in [-0.05, 0) is 42.3 Å². The number of fused-ring (bicyclic) bond motifs is 1. The van der Waals surface area contributed by atoms with Gasteiger partial charge >= 0.3 is 0 Å². The third kappa shape index (κ3) is 4.17. The second kappa shape index (κ2) is 8.78. The number of hydrogen-bond acceptors (Lipinski definition) is 7. The van der Waals surface area contributed by atoms with Crippen molar-refractivity contribution in [3.05, 3.63) is 84.3 Å². The fourth-order valence-electron chi connectivity index (χ4n) is 4.05. The summed E-state index contributed by atoms with van der Waals surface area (Å²) in [5.41, 5.74) is 5.03. The summed E-state index contributed by atoms with van der Waals surface area (Å²) < 4.78 is 11.6. The number of benzene rings is 2. The molecule has 0 saturated heterocycles. The Bertz CT molecular complexity index is 1280. The molecule has 0 radical (unpaired) electrons. The van der Waals surface area contributed by atoms with Crippen LogP contribution in [0.2, 0.25) is 0 Å². The first-order chi connectivity index (χ1) is 16.1. The van der Waals surface area contributed by atoms with Gasteiger partial charge in [0.15, 0.2) is 11.6 Å². The molecule has 2 aromatic carbocycles. The maximum atomic E-state index is 5.96. The summed E-state index contributed by atoms with van der Waals surface area (Å²) in [4.78, 5) is 15.6. The first-order valence-corrected chi connectivity index (χ1v) is 10.8. The van der Waals surface area contributed by atoms with Crippen molar-refractivity contribution in [3.8, 4) is 22.6 Å². The van der Waals surface area contributed by atoms with Crippen molar-refractivity contribution in [3.63, 3.8) is 0 Å². The molecule has 7 nitrogen and oxygen atoms in total. The van der Waals surface area contributed by atoms with Crippen LogP contribution >= 0.6 is 0 Å². The van der Waals surface area contributed by atoms with Crippen LogP contribution in [0, 0.1) is 6.92 Å². The smallest absolute Gasteiger partial charge is 0.229 e. The molecule has 1 N–H and O–H groups in total. The first-order valence-electron chi connectivity index (χ1n) is 10.8. The fraction of sp³-hybridized carbons (Fsp3) is 0.192. The molecule has 4 aromatic rings. The number of aromatic nitrogens is 3. The molecule has 0 amide bonds. The van der Waals surface area contributed by atoms with Gasteiger partial charge in [-0.2, -0.15) is 4.98 Å². The summed E-state index contributed by atoms with van der Waals surface area (Å²) >= 11 is 0. The Balaban J connectivity index is 1.41. The van der Waals surface area contributed by atoms with Crippen LogP contribution in [0.5, 0.6) is 11.5 Å². The molecule has 5 rings (SSSR count). The normalized spacial score (nSPS) is 14.9. The highest BCUT2D eigenvalue weighted by Gasteiger charge is 2.28. The van der Waals surface area contributed by atoms with E-state index >= 15 is 0 Å². The van der Waals surface area contributed by atoms with E-state index in [2.05, 4.69) is 32.3 Å². The molecule has 166 valence electrons. The van der Waals surface area contributed by atoms with Crippen LogP contribution in [0.1, 0.15) is 17.3 Å². The standard InChI is InChI=1S/C26H25N5O2/c1-17-13-19(11-12-27-17)21-10-9-20(14-23(21)32-3)29-26-28-15-24-25(30-26)31(2)22(16-33-24)18-7-5-4-6-8-18/h4-15,22H,16H2,1-3H3,(H,28,29,30)/t22-/m1/s1. The van der Waals surface area contributed by atoms with Gasteiger partial charge in [-0.25, -0.2) is 4.98 Å². The average Bonchev–Trinajstić information content (AvgIpc) is 2.85. The molecule has 33 heavy (non-hydrogen) atoms. The van der Waals surface area contributed by atoms with Gasteiger partial charge in [0, 0.05) is 36.3 Å². The molecule has 1 aliphatic heterocycles. The van der Waals surface area contributed by atoms with E-state index in [-0.39, 0.29) is 6.04 Å². The second-order valence-electron chi connectivity index (χ2n) is 7.96. The predicted octanol–water partition coefficient (Wildman–Crippen LogP) is 5.17. The van der Waals surface area contributed by atoms with E-state index in [0.29, 0.717) is 18.3 Å². The highest BCUT2D eigenvalue weighted by Crippen LogP contribution is 2.38. The highest BCUT2D eigenvalue weighted by molar-refractivity contribution is 5.74. The van der Waals surface area contributed by atoms with E-state index in [9.17, 15) is 0 Å². The molecule has 1 atom stereocenters. The van der Waals surface area contributed by atoms with Crippen molar-refractivity contribution >= 4 is 17.5 Å². The first kappa shape index (κ1) is 20.8. The molecule has 1 aliphatic rings. The van der Waals surface area contributed by atoms with E-state index in [1.165, 1.54) is 5.56 Å². The quantitative estimate of drug-likeness (QED) is 0.460. The van der Waals surface area contributed by atoms with Gasteiger partial charge in [-0.1, -0.05) is 30.3 Å². The molecule has 3 heterocycles. The Morgan fingerprint density at radius 2 is 1.91 bits per heavy atom. The summed E-state index contributed by atoms with van der Waals surface area (Å²) in [6.45, 7) is 2.53. The summed E-state index contributed by atoms with van der Waals surface area (Å²) in [5, 5.41) is 3.30. The van der Waals surface area contributed by atoms with E-state index < -0.39 is 0 Å². The fourth-order valence-corrected chi connectivity index (χ4v) is 4.05. The maximum absolute atomic E-state index is 5.96. The average molecular weight is 440 g/mol. The third-order valence-corrected chi connectivity index (χ3v) is 5.78. The number of methoxy groups -OCH3 is 1. The lowest BCUT2D eigenvalue weighted by atomic mass is 10.0. The van der Waals surface area contributed by atoms with Gasteiger partial charge in [0.1, 0.15) is 12.4 Å². The molecule has 0 bridgehead atoms. The van der Waals surface area contributed by atoms with Gasteiger partial charge < -0.3 is 19.7 Å². The van der Waals surface area contributed by atoms with E-state index in [4.69, 9.17) is 14.5 Å². The van der Waals surface area contributed by atoms with Gasteiger partial charge in [-0.15, -0.1) is 0 Å². The molecule has 0 fully saturated rings. The Hall–Kier alpha value is -4.13. The van der Waals surface area contributed by atoms with Crippen LogP contribution in [0.15, 0.2) is 73.1 Å². The minimum atomic E-state index is 0.0876. The number of nitrogens with one attached hydrogen (secondary N) is 1. The zero-order chi connectivity index (χ0) is 22.8. The van der Waals surface area contributed by atoms with E-state index in [0.717, 1.165) is 34.1 Å². The Morgan fingerprint density at radius 1 is 1.06 bits per heavy atom. The number of pyridine rings is 1. The lowest BCUT2D eigenvalue weighted by molar-refractivity contribution is 0.265. The van der Waals surface area contributed by atoms with Crippen molar-refractivity contribution < 1.29 is 9.47 Å². The summed E-state index contributed by atoms with van der Waals surface area (Å²) in [5.74, 6) is 2.68. The summed E-state index contributed by atoms with van der Waals surface area (Å²) in [6.07, 6.45) is 3.52. The van der Waals surface area contributed by atoms with Gasteiger partial charge in [-0.3, -0.25) is 4.98 Å². The van der Waals surface area contributed by atoms with Gasteiger partial charge in [0.25, 0.3) is 0 Å². The van der Waals surface area contributed by atoms with Gasteiger partial charge in [0.2, 0.25) is 5.95 Å². The monoisotopic (exact) mass is 439 g/mol. The van der Waals surface area contributed by atoms with Crippen molar-refractivity contribution in [1.29, 1.82) is 0 Å². The van der Waals surface area contributed by atoms with Crippen LogP contribution in [0.25, 0.3) is 11.1 Å². The predicted molar refractivity (Wildman–Crippen MR) is 129 cm³/mol. The van der Waals surface area contributed by atoms with Crippen LogP contribution in [-0.4, -0.2) is 35.7 Å². The third-order valence-electron chi connectivity index (χ3n) is 5.78. The topological polar surface area (TPSA) is 72.4 Å². The zero-order valence-corrected chi connectivity index (χ0v) is 18.8. The molecule has 0 aliphatic carbocycles. The molecular weight excluding hydrogens is 414 g/mol. The zero-order valence-electron chi connectivity index (χ0n) is 18.8. The molecule has 0 unspecified atom stereocenters. The van der Waals surface area contributed by atoms with E-state index in [1.807, 2.05) is 62.5 Å². The maximum Gasteiger partial charge on any atom is 0.229 e. The molecule has 7 heteroatoms. The lowest BCUT2D eigenvalue weighted by Gasteiger charge is -2.34. The molecule has 0 saturated carbocycles. The Labute approximate surface area is 193 Å². The van der Waals surface area contributed by atoms with Crippen molar-refractivity contribution in [2.45, 2.75) is 13.0 Å². The minimum absolute atomic E-state index is 0.0876. The molecule has 2 aromatic heterocycles. The number of ether oxygens (including phenoxy) is 2. The van der Waals surface area contributed by atoms with Crippen LogP contribution in [-0.2, 0) is 0 Å². The number of hydrogen-bond donors (Lipinski definition) is 1. The second-order valence-corrected chi connectivity index (χ2v) is 7.96. The number of nitrogens with zero attached hydrogens (tertiary/aromatic N) is 4. The van der Waals surface area contributed by atoms with E-state index in [1.54, 1.807) is 19.5 Å². The summed E-state index contributed by atoms with van der Waals surface area (Å²) in [7, 11) is 3.70. The summed E-state index contributed by atoms with van der Waals surface area (Å²) in [6, 6.07) is 20.4. The molecule has 0 spiro atoms. The van der Waals surface area contributed by atoms with Crippen molar-refractivity contribution in [2.24, 2.45) is 0 Å². The minimum Gasteiger partial charge on any atom is -0.496 e. The molecular formula is C26H25N5O2. The van der Waals surface area contributed by atoms with Crippen LogP contribution in [0.4, 0.5) is 17.5 Å². The SMILES string of the molecule is COc1cc(Nc2ncc3c(n2)N(C)[C@@H](c2ccccc2)CO3)ccc1-c1ccnc(C)c1. The number of anilines is 3. The van der Waals surface area contributed by atoms with Crippen molar-refractivity contribution in [2.75, 3.05) is 31.0 Å². The largest absolute Gasteiger partial charge is 0.496 e. The number of likely N-dealkylation sites (N-methyl/N-ethyl adjacent to an activating group) is 1. The number of aryl methyl sites for hydroxylation is 1. The Kier molecular flexibility index (Phi) is 5.52. The van der Waals surface area contributed by atoms with Crippen molar-refractivity contribution in [1.82, 2.24) is 15.0 Å². The highest BCUT2D eigenvalue weighted by atomic mass is 16.5. The Morgan fingerprint density at radius 3 is 2.70 bits per heavy atom. The lowest BCUT2D eigenvalue weighted by Crippen LogP contribution is -2.34. The van der Waals surface area contributed by atoms with Gasteiger partial charge in [0.05, 0.1) is 19.3 Å². The van der Waals surface area contributed by atoms with Crippen LogP contribution < -0.4 is 19.7 Å². The number of rotatable bonds is 5. The van der Waals surface area contributed by atoms with Crippen LogP contribution in [0.3, 0.4) is 0 Å².